The fourth-order valence-corrected chi connectivity index (χ4v) is 4.84. The number of amides is 1. The normalized spacial score (nSPS) is 16.6. The standard InChI is InChI=1S/C26H32N4O2S/c1-28(17-23-15-27-29(2)18-23)16-21-6-3-8-24(14-21)32-20-22-7-4-12-30(19-22)26(31)11-10-25-9-5-13-33-25/h3,5-6,8-11,13-15,18,22H,4,7,12,16-17,19-20H2,1-2H3/b11-10+/t22-/m0/s1. The van der Waals surface area contributed by atoms with Crippen molar-refractivity contribution >= 4 is 23.3 Å². The van der Waals surface area contributed by atoms with Gasteiger partial charge in [-0.25, -0.2) is 0 Å². The lowest BCUT2D eigenvalue weighted by Gasteiger charge is -2.32. The molecule has 4 rings (SSSR count). The van der Waals surface area contributed by atoms with Gasteiger partial charge in [0.05, 0.1) is 12.8 Å². The van der Waals surface area contributed by atoms with Crippen molar-refractivity contribution in [3.8, 4) is 5.75 Å². The highest BCUT2D eigenvalue weighted by Gasteiger charge is 2.23. The van der Waals surface area contributed by atoms with E-state index in [2.05, 4.69) is 35.2 Å². The molecule has 1 fully saturated rings. The van der Waals surface area contributed by atoms with Gasteiger partial charge in [-0.3, -0.25) is 14.4 Å². The van der Waals surface area contributed by atoms with Crippen LogP contribution in [-0.2, 0) is 24.9 Å². The first-order chi connectivity index (χ1) is 16.0. The van der Waals surface area contributed by atoms with E-state index in [-0.39, 0.29) is 5.91 Å². The van der Waals surface area contributed by atoms with E-state index in [1.165, 1.54) is 11.1 Å². The highest BCUT2D eigenvalue weighted by molar-refractivity contribution is 7.10. The summed E-state index contributed by atoms with van der Waals surface area (Å²) in [7, 11) is 4.05. The molecule has 0 radical (unpaired) electrons. The largest absolute Gasteiger partial charge is 0.493 e. The molecule has 1 amide bonds. The monoisotopic (exact) mass is 464 g/mol. The molecular weight excluding hydrogens is 432 g/mol. The molecule has 1 aliphatic rings. The number of likely N-dealkylation sites (tertiary alicyclic amines) is 1. The van der Waals surface area contributed by atoms with E-state index in [0.717, 1.165) is 49.6 Å². The van der Waals surface area contributed by atoms with Crippen LogP contribution in [0.1, 0.15) is 28.8 Å². The molecule has 6 nitrogen and oxygen atoms in total. The van der Waals surface area contributed by atoms with Crippen LogP contribution in [0.25, 0.3) is 6.08 Å². The first-order valence-electron chi connectivity index (χ1n) is 11.4. The van der Waals surface area contributed by atoms with E-state index >= 15 is 0 Å². The predicted molar refractivity (Wildman–Crippen MR) is 133 cm³/mol. The molecule has 3 heterocycles. The number of aryl methyl sites for hydroxylation is 1. The number of thiophene rings is 1. The Labute approximate surface area is 200 Å². The summed E-state index contributed by atoms with van der Waals surface area (Å²) >= 11 is 1.64. The van der Waals surface area contributed by atoms with Gasteiger partial charge in [0.15, 0.2) is 0 Å². The van der Waals surface area contributed by atoms with Gasteiger partial charge < -0.3 is 9.64 Å². The van der Waals surface area contributed by atoms with E-state index in [1.807, 2.05) is 58.7 Å². The topological polar surface area (TPSA) is 50.6 Å². The summed E-state index contributed by atoms with van der Waals surface area (Å²) in [6.07, 6.45) is 9.67. The summed E-state index contributed by atoms with van der Waals surface area (Å²) in [5.41, 5.74) is 2.42. The van der Waals surface area contributed by atoms with Gasteiger partial charge in [-0.1, -0.05) is 18.2 Å². The molecule has 2 aromatic heterocycles. The third-order valence-electron chi connectivity index (χ3n) is 5.81. The SMILES string of the molecule is CN(Cc1cccc(OC[C@H]2CCCN(C(=O)/C=C/c3cccs3)C2)c1)Cc1cnn(C)c1. The Morgan fingerprint density at radius 3 is 2.94 bits per heavy atom. The van der Waals surface area contributed by atoms with Crippen LogP contribution >= 0.6 is 11.3 Å². The number of carbonyl (C=O) groups is 1. The molecule has 1 saturated heterocycles. The molecule has 0 spiro atoms. The molecule has 0 N–H and O–H groups in total. The maximum atomic E-state index is 12.6. The van der Waals surface area contributed by atoms with Gasteiger partial charge in [-0.05, 0) is 55.1 Å². The molecule has 7 heteroatoms. The van der Waals surface area contributed by atoms with Gasteiger partial charge in [0.1, 0.15) is 5.75 Å². The minimum absolute atomic E-state index is 0.0896. The lowest BCUT2D eigenvalue weighted by atomic mass is 9.99. The average molecular weight is 465 g/mol. The van der Waals surface area contributed by atoms with Crippen molar-refractivity contribution in [1.29, 1.82) is 0 Å². The maximum Gasteiger partial charge on any atom is 0.246 e. The maximum absolute atomic E-state index is 12.6. The zero-order valence-corrected chi connectivity index (χ0v) is 20.2. The van der Waals surface area contributed by atoms with E-state index in [9.17, 15) is 4.79 Å². The Hall–Kier alpha value is -2.90. The van der Waals surface area contributed by atoms with Crippen LogP contribution in [0.15, 0.2) is 60.2 Å². The lowest BCUT2D eigenvalue weighted by molar-refractivity contribution is -0.127. The molecule has 33 heavy (non-hydrogen) atoms. The van der Waals surface area contributed by atoms with Gasteiger partial charge in [-0.2, -0.15) is 5.10 Å². The molecule has 3 aromatic rings. The van der Waals surface area contributed by atoms with Crippen LogP contribution in [0.4, 0.5) is 0 Å². The van der Waals surface area contributed by atoms with Crippen molar-refractivity contribution in [2.75, 3.05) is 26.7 Å². The first kappa shape index (κ1) is 23.3. The van der Waals surface area contributed by atoms with Crippen LogP contribution in [-0.4, -0.2) is 52.2 Å². The minimum Gasteiger partial charge on any atom is -0.493 e. The Bertz CT molecular complexity index is 1060. The summed E-state index contributed by atoms with van der Waals surface area (Å²) < 4.78 is 7.98. The summed E-state index contributed by atoms with van der Waals surface area (Å²) in [5.74, 6) is 1.34. The first-order valence-corrected chi connectivity index (χ1v) is 12.3. The van der Waals surface area contributed by atoms with Crippen molar-refractivity contribution in [2.45, 2.75) is 25.9 Å². The van der Waals surface area contributed by atoms with Gasteiger partial charge in [0.2, 0.25) is 5.91 Å². The Morgan fingerprint density at radius 1 is 1.27 bits per heavy atom. The van der Waals surface area contributed by atoms with Crippen molar-refractivity contribution in [2.24, 2.45) is 13.0 Å². The molecule has 0 bridgehead atoms. The minimum atomic E-state index is 0.0896. The second kappa shape index (κ2) is 11.3. The zero-order chi connectivity index (χ0) is 23.0. The molecule has 174 valence electrons. The summed E-state index contributed by atoms with van der Waals surface area (Å²) in [6, 6.07) is 12.3. The van der Waals surface area contributed by atoms with Crippen LogP contribution < -0.4 is 4.74 Å². The number of rotatable bonds is 9. The molecular formula is C26H32N4O2S. The van der Waals surface area contributed by atoms with Gasteiger partial charge in [0, 0.05) is 61.9 Å². The second-order valence-corrected chi connectivity index (χ2v) is 9.77. The summed E-state index contributed by atoms with van der Waals surface area (Å²) in [6.45, 7) is 3.90. The number of ether oxygens (including phenoxy) is 1. The van der Waals surface area contributed by atoms with Gasteiger partial charge >= 0.3 is 0 Å². The second-order valence-electron chi connectivity index (χ2n) is 8.79. The van der Waals surface area contributed by atoms with Crippen molar-refractivity contribution in [3.05, 3.63) is 76.3 Å². The van der Waals surface area contributed by atoms with Crippen LogP contribution in [0.5, 0.6) is 5.75 Å². The third-order valence-corrected chi connectivity index (χ3v) is 6.65. The fraction of sp³-hybridized carbons (Fsp3) is 0.385. The number of hydrogen-bond acceptors (Lipinski definition) is 5. The average Bonchev–Trinajstić information content (AvgIpc) is 3.48. The fourth-order valence-electron chi connectivity index (χ4n) is 4.23. The molecule has 0 saturated carbocycles. The van der Waals surface area contributed by atoms with Gasteiger partial charge in [0.25, 0.3) is 0 Å². The van der Waals surface area contributed by atoms with Crippen molar-refractivity contribution in [1.82, 2.24) is 19.6 Å². The molecule has 1 aromatic carbocycles. The molecule has 0 unspecified atom stereocenters. The Balaban J connectivity index is 1.25. The van der Waals surface area contributed by atoms with E-state index in [1.54, 1.807) is 17.4 Å². The quantitative estimate of drug-likeness (QED) is 0.439. The van der Waals surface area contributed by atoms with Crippen LogP contribution in [0.2, 0.25) is 0 Å². The lowest BCUT2D eigenvalue weighted by Crippen LogP contribution is -2.40. The van der Waals surface area contributed by atoms with Crippen LogP contribution in [0, 0.1) is 5.92 Å². The number of benzene rings is 1. The van der Waals surface area contributed by atoms with Crippen LogP contribution in [0.3, 0.4) is 0 Å². The molecule has 0 aliphatic carbocycles. The van der Waals surface area contributed by atoms with Crippen molar-refractivity contribution < 1.29 is 9.53 Å². The van der Waals surface area contributed by atoms with E-state index in [0.29, 0.717) is 12.5 Å². The number of piperidine rings is 1. The number of hydrogen-bond donors (Lipinski definition) is 0. The zero-order valence-electron chi connectivity index (χ0n) is 19.4. The highest BCUT2D eigenvalue weighted by atomic mass is 32.1. The third kappa shape index (κ3) is 7.04. The number of nitrogens with zero attached hydrogens (tertiary/aromatic N) is 4. The number of carbonyl (C=O) groups excluding carboxylic acids is 1. The Morgan fingerprint density at radius 2 is 2.15 bits per heavy atom. The molecule has 1 atom stereocenters. The Kier molecular flexibility index (Phi) is 7.96. The summed E-state index contributed by atoms with van der Waals surface area (Å²) in [5, 5.41) is 6.26. The highest BCUT2D eigenvalue weighted by Crippen LogP contribution is 2.21. The van der Waals surface area contributed by atoms with E-state index in [4.69, 9.17) is 4.74 Å². The predicted octanol–water partition coefficient (Wildman–Crippen LogP) is 4.44. The van der Waals surface area contributed by atoms with E-state index < -0.39 is 0 Å². The number of aromatic nitrogens is 2. The summed E-state index contributed by atoms with van der Waals surface area (Å²) in [4.78, 5) is 17.9. The van der Waals surface area contributed by atoms with Gasteiger partial charge in [-0.15, -0.1) is 11.3 Å². The van der Waals surface area contributed by atoms with Crippen molar-refractivity contribution in [3.63, 3.8) is 0 Å². The molecule has 1 aliphatic heterocycles. The smallest absolute Gasteiger partial charge is 0.246 e.